The molecule has 5 nitrogen and oxygen atoms in total. The Balaban J connectivity index is 1.81. The monoisotopic (exact) mass is 547 g/mol. The number of rotatable bonds is 7. The van der Waals surface area contributed by atoms with Gasteiger partial charge in [-0.2, -0.15) is 0 Å². The fourth-order valence-electron chi connectivity index (χ4n) is 2.67. The molecule has 0 aliphatic carbocycles. The molecule has 0 radical (unpaired) electrons. The summed E-state index contributed by atoms with van der Waals surface area (Å²) in [6, 6.07) is 17.9. The minimum atomic E-state index is -1.28. The van der Waals surface area contributed by atoms with Crippen LogP contribution in [0, 0.1) is 5.82 Å². The van der Waals surface area contributed by atoms with Gasteiger partial charge in [0.25, 0.3) is 5.91 Å². The molecule has 3 aromatic rings. The number of aliphatic carboxylic acids is 1. The Hall–Kier alpha value is -2.97. The molecule has 0 saturated carbocycles. The van der Waals surface area contributed by atoms with Crippen LogP contribution in [-0.4, -0.2) is 17.0 Å². The number of halogens is 3. The molecule has 0 aliphatic heterocycles. The Morgan fingerprint density at radius 2 is 1.61 bits per heavy atom. The molecule has 31 heavy (non-hydrogen) atoms. The maximum absolute atomic E-state index is 13.8. The summed E-state index contributed by atoms with van der Waals surface area (Å²) in [5.74, 6) is -1.74. The lowest BCUT2D eigenvalue weighted by atomic mass is 10.1. The summed E-state index contributed by atoms with van der Waals surface area (Å²) in [5, 5.41) is 11.9. The zero-order chi connectivity index (χ0) is 22.4. The third-order valence-electron chi connectivity index (χ3n) is 4.18. The summed E-state index contributed by atoms with van der Waals surface area (Å²) in [6.45, 7) is 0.0204. The Labute approximate surface area is 194 Å². The molecule has 0 atom stereocenters. The van der Waals surface area contributed by atoms with Gasteiger partial charge >= 0.3 is 5.97 Å². The Kier molecular flexibility index (Phi) is 7.59. The number of hydrogen-bond acceptors (Lipinski definition) is 3. The fraction of sp³-hybridized carbons (Fsp3) is 0.0435. The van der Waals surface area contributed by atoms with Crippen molar-refractivity contribution in [2.45, 2.75) is 6.61 Å². The van der Waals surface area contributed by atoms with Crippen molar-refractivity contribution in [1.29, 1.82) is 0 Å². The summed E-state index contributed by atoms with van der Waals surface area (Å²) < 4.78 is 20.6. The van der Waals surface area contributed by atoms with Gasteiger partial charge in [-0.15, -0.1) is 0 Å². The van der Waals surface area contributed by atoms with Gasteiger partial charge in [0.15, 0.2) is 0 Å². The number of nitrogens with one attached hydrogen (secondary N) is 1. The first-order chi connectivity index (χ1) is 14.8. The number of carbonyl (C=O) groups is 2. The third kappa shape index (κ3) is 6.02. The number of ether oxygens (including phenoxy) is 1. The normalized spacial score (nSPS) is 11.1. The molecule has 0 heterocycles. The molecule has 8 heteroatoms. The maximum Gasteiger partial charge on any atom is 0.352 e. The highest BCUT2D eigenvalue weighted by atomic mass is 79.9. The number of amides is 1. The quantitative estimate of drug-likeness (QED) is 0.367. The van der Waals surface area contributed by atoms with Gasteiger partial charge in [-0.25, -0.2) is 9.18 Å². The summed E-state index contributed by atoms with van der Waals surface area (Å²) in [7, 11) is 0. The summed E-state index contributed by atoms with van der Waals surface area (Å²) in [5.41, 5.74) is 0.964. The number of carboxylic acids is 1. The molecule has 2 N–H and O–H groups in total. The van der Waals surface area contributed by atoms with Crippen molar-refractivity contribution in [3.05, 3.63) is 104 Å². The van der Waals surface area contributed by atoms with E-state index in [9.17, 15) is 19.1 Å². The van der Waals surface area contributed by atoms with E-state index in [1.165, 1.54) is 12.1 Å². The van der Waals surface area contributed by atoms with Crippen LogP contribution in [0.15, 0.2) is 81.4 Å². The van der Waals surface area contributed by atoms with Crippen LogP contribution >= 0.6 is 31.9 Å². The van der Waals surface area contributed by atoms with Gasteiger partial charge in [0.1, 0.15) is 23.9 Å². The van der Waals surface area contributed by atoms with Crippen LogP contribution in [0.25, 0.3) is 6.08 Å². The maximum atomic E-state index is 13.8. The van der Waals surface area contributed by atoms with Crippen LogP contribution in [0.4, 0.5) is 4.39 Å². The molecule has 0 fully saturated rings. The molecule has 158 valence electrons. The van der Waals surface area contributed by atoms with E-state index in [0.29, 0.717) is 31.4 Å². The van der Waals surface area contributed by atoms with Crippen molar-refractivity contribution in [3.8, 4) is 5.75 Å². The Bertz CT molecular complexity index is 1130. The van der Waals surface area contributed by atoms with E-state index in [4.69, 9.17) is 4.74 Å². The van der Waals surface area contributed by atoms with Gasteiger partial charge in [-0.1, -0.05) is 36.4 Å². The van der Waals surface area contributed by atoms with E-state index in [1.54, 1.807) is 60.7 Å². The Morgan fingerprint density at radius 3 is 2.23 bits per heavy atom. The van der Waals surface area contributed by atoms with E-state index in [1.807, 2.05) is 0 Å². The Morgan fingerprint density at radius 1 is 1.00 bits per heavy atom. The second-order valence-corrected chi connectivity index (χ2v) is 8.09. The average molecular weight is 549 g/mol. The highest BCUT2D eigenvalue weighted by Gasteiger charge is 2.15. The lowest BCUT2D eigenvalue weighted by Gasteiger charge is -2.12. The van der Waals surface area contributed by atoms with Crippen LogP contribution < -0.4 is 10.1 Å². The second-order valence-electron chi connectivity index (χ2n) is 6.38. The van der Waals surface area contributed by atoms with Gasteiger partial charge in [-0.3, -0.25) is 4.79 Å². The largest absolute Gasteiger partial charge is 0.486 e. The van der Waals surface area contributed by atoms with Crippen LogP contribution in [0.2, 0.25) is 0 Å². The minimum Gasteiger partial charge on any atom is -0.486 e. The van der Waals surface area contributed by atoms with E-state index < -0.39 is 11.9 Å². The van der Waals surface area contributed by atoms with Crippen molar-refractivity contribution < 1.29 is 23.8 Å². The van der Waals surface area contributed by atoms with Crippen LogP contribution in [-0.2, 0) is 11.4 Å². The summed E-state index contributed by atoms with van der Waals surface area (Å²) in [6.07, 6.45) is 1.33. The highest BCUT2D eigenvalue weighted by Crippen LogP contribution is 2.36. The van der Waals surface area contributed by atoms with Crippen molar-refractivity contribution in [2.24, 2.45) is 0 Å². The fourth-order valence-corrected chi connectivity index (χ4v) is 4.12. The molecular formula is C23H16Br2FNO4. The molecule has 0 saturated heterocycles. The van der Waals surface area contributed by atoms with E-state index in [0.717, 1.165) is 0 Å². The molecular weight excluding hydrogens is 533 g/mol. The number of carboxylic acid groups (broad SMARTS) is 1. The smallest absolute Gasteiger partial charge is 0.352 e. The molecule has 0 aromatic heterocycles. The minimum absolute atomic E-state index is 0.0204. The second kappa shape index (κ2) is 10.4. The molecule has 0 aliphatic rings. The van der Waals surface area contributed by atoms with Crippen LogP contribution in [0.3, 0.4) is 0 Å². The molecule has 0 spiro atoms. The highest BCUT2D eigenvalue weighted by molar-refractivity contribution is 9.11. The first kappa shape index (κ1) is 22.7. The van der Waals surface area contributed by atoms with Crippen molar-refractivity contribution in [2.75, 3.05) is 0 Å². The SMILES string of the molecule is O=C(O)C(=Cc1cc(Br)c(OCc2ccccc2F)c(Br)c1)NC(=O)c1ccccc1. The first-order valence-electron chi connectivity index (χ1n) is 9.02. The average Bonchev–Trinajstić information content (AvgIpc) is 2.74. The van der Waals surface area contributed by atoms with Gasteiger partial charge < -0.3 is 15.2 Å². The van der Waals surface area contributed by atoms with Crippen molar-refractivity contribution in [3.63, 3.8) is 0 Å². The van der Waals surface area contributed by atoms with Crippen molar-refractivity contribution >= 4 is 49.8 Å². The van der Waals surface area contributed by atoms with Crippen LogP contribution in [0.1, 0.15) is 21.5 Å². The molecule has 3 rings (SSSR count). The number of benzene rings is 3. The predicted molar refractivity (Wildman–Crippen MR) is 122 cm³/mol. The van der Waals surface area contributed by atoms with Gasteiger partial charge in [0.05, 0.1) is 8.95 Å². The lowest BCUT2D eigenvalue weighted by Crippen LogP contribution is -2.27. The van der Waals surface area contributed by atoms with Gasteiger partial charge in [-0.05, 0) is 73.8 Å². The first-order valence-corrected chi connectivity index (χ1v) is 10.6. The van der Waals surface area contributed by atoms with Gasteiger partial charge in [0.2, 0.25) is 0 Å². The number of hydrogen-bond donors (Lipinski definition) is 2. The predicted octanol–water partition coefficient (Wildman–Crippen LogP) is 5.79. The third-order valence-corrected chi connectivity index (χ3v) is 5.35. The van der Waals surface area contributed by atoms with E-state index in [-0.39, 0.29) is 18.1 Å². The number of carbonyl (C=O) groups excluding carboxylic acids is 1. The topological polar surface area (TPSA) is 75.6 Å². The summed E-state index contributed by atoms with van der Waals surface area (Å²) >= 11 is 6.78. The van der Waals surface area contributed by atoms with Gasteiger partial charge in [0, 0.05) is 11.1 Å². The van der Waals surface area contributed by atoms with E-state index in [2.05, 4.69) is 37.2 Å². The molecule has 0 unspecified atom stereocenters. The van der Waals surface area contributed by atoms with Crippen LogP contribution in [0.5, 0.6) is 5.75 Å². The lowest BCUT2D eigenvalue weighted by molar-refractivity contribution is -0.132. The zero-order valence-electron chi connectivity index (χ0n) is 15.9. The molecule has 3 aromatic carbocycles. The summed E-state index contributed by atoms with van der Waals surface area (Å²) in [4.78, 5) is 23.9. The van der Waals surface area contributed by atoms with E-state index >= 15 is 0 Å². The molecule has 0 bridgehead atoms. The zero-order valence-corrected chi connectivity index (χ0v) is 19.1. The van der Waals surface area contributed by atoms with Crippen molar-refractivity contribution in [1.82, 2.24) is 5.32 Å². The standard InChI is InChI=1S/C23H16Br2FNO4/c24-17-10-14(11-18(25)21(17)31-13-16-8-4-5-9-19(16)26)12-20(23(29)30)27-22(28)15-6-2-1-3-7-15/h1-12H,13H2,(H,27,28)(H,29,30). The molecule has 1 amide bonds.